The lowest BCUT2D eigenvalue weighted by atomic mass is 9.98. The number of amides is 1. The molecule has 1 N–H and O–H groups in total. The Bertz CT molecular complexity index is 1270. The molecule has 1 aliphatic carbocycles. The Morgan fingerprint density at radius 3 is 2.22 bits per heavy atom. The Hall–Kier alpha value is -2.16. The van der Waals surface area contributed by atoms with Crippen molar-refractivity contribution in [2.75, 3.05) is 44.5 Å². The highest BCUT2D eigenvalue weighted by atomic mass is 33.1. The predicted molar refractivity (Wildman–Crippen MR) is 203 cm³/mol. The van der Waals surface area contributed by atoms with E-state index in [1.54, 1.807) is 21.6 Å². The van der Waals surface area contributed by atoms with Crippen LogP contribution in [0.5, 0.6) is 0 Å². The smallest absolute Gasteiger partial charge is 0.407 e. The summed E-state index contributed by atoms with van der Waals surface area (Å²) in [5, 5.41) is 11.8. The number of hydrogen-bond donors (Lipinski definition) is 1. The number of unbranched alkanes of at least 4 members (excludes halogenated alkanes) is 1. The predicted octanol–water partition coefficient (Wildman–Crippen LogP) is 9.12. The third-order valence-corrected chi connectivity index (χ3v) is 12.6. The summed E-state index contributed by atoms with van der Waals surface area (Å²) in [4.78, 5) is 24.7. The van der Waals surface area contributed by atoms with Gasteiger partial charge in [-0.2, -0.15) is 5.26 Å². The van der Waals surface area contributed by atoms with Gasteiger partial charge in [0.25, 0.3) is 8.53 Å². The average Bonchev–Trinajstić information content (AvgIpc) is 3.40. The molecule has 0 saturated carbocycles. The summed E-state index contributed by atoms with van der Waals surface area (Å²) in [6, 6.07) is 19.2. The molecule has 2 atom stereocenters. The number of carbonyl (C=O) groups is 2. The summed E-state index contributed by atoms with van der Waals surface area (Å²) in [6.07, 6.45) is 3.35. The minimum atomic E-state index is -1.30. The molecule has 0 spiro atoms. The van der Waals surface area contributed by atoms with Crippen LogP contribution in [0.4, 0.5) is 4.79 Å². The number of benzene rings is 2. The number of nitriles is 1. The van der Waals surface area contributed by atoms with Crippen molar-refractivity contribution in [1.82, 2.24) is 9.99 Å². The molecule has 3 rings (SSSR count). The molecule has 2 unspecified atom stereocenters. The SMILES string of the molecule is CCC(COCCCCC(=O)CCSSCCNC(=O)OCC1c2ccccc2-c2ccccc21)OP(OCCC#N)N(C(C)C)C(C)C. The molecular weight excluding hydrogens is 678 g/mol. The Balaban J connectivity index is 1.20. The fourth-order valence-electron chi connectivity index (χ4n) is 5.63. The summed E-state index contributed by atoms with van der Waals surface area (Å²) in [5.41, 5.74) is 4.81. The Labute approximate surface area is 302 Å². The highest BCUT2D eigenvalue weighted by molar-refractivity contribution is 8.76. The van der Waals surface area contributed by atoms with E-state index < -0.39 is 14.6 Å². The monoisotopic (exact) mass is 731 g/mol. The van der Waals surface area contributed by atoms with Gasteiger partial charge in [-0.05, 0) is 69.2 Å². The molecule has 9 nitrogen and oxygen atoms in total. The number of ether oxygens (including phenoxy) is 2. The standard InChI is InChI=1S/C37H54N3O6PS2/c1-6-31(46-47(45-23-13-20-38)40(28(2)3)29(4)5)26-43-22-12-11-14-30(41)19-24-48-49-25-21-39-37(42)44-27-36-34-17-9-7-15-32(34)33-16-8-10-18-35(33)36/h7-10,15-18,28-29,31,36H,6,11-14,19,21-27H2,1-5H3,(H,39,42). The van der Waals surface area contributed by atoms with E-state index in [1.807, 2.05) is 24.3 Å². The molecule has 1 amide bonds. The lowest BCUT2D eigenvalue weighted by Gasteiger charge is -2.37. The number of Topliss-reactive ketones (excluding diaryl/α,β-unsaturated/α-hetero) is 1. The second-order valence-electron chi connectivity index (χ2n) is 12.4. The minimum absolute atomic E-state index is 0.0491. The van der Waals surface area contributed by atoms with Crippen molar-refractivity contribution in [2.45, 2.75) is 97.2 Å². The van der Waals surface area contributed by atoms with Gasteiger partial charge in [-0.15, -0.1) is 0 Å². The molecule has 0 bridgehead atoms. The van der Waals surface area contributed by atoms with E-state index in [0.717, 1.165) is 30.8 Å². The first kappa shape index (κ1) is 41.3. The van der Waals surface area contributed by atoms with Crippen molar-refractivity contribution >= 4 is 42.0 Å². The first-order valence-corrected chi connectivity index (χ1v) is 21.1. The zero-order chi connectivity index (χ0) is 35.4. The van der Waals surface area contributed by atoms with E-state index in [4.69, 9.17) is 23.8 Å². The minimum Gasteiger partial charge on any atom is -0.449 e. The number of ketones is 1. The summed E-state index contributed by atoms with van der Waals surface area (Å²) < 4.78 is 26.1. The molecule has 0 aliphatic heterocycles. The van der Waals surface area contributed by atoms with Crippen LogP contribution in [0.15, 0.2) is 48.5 Å². The van der Waals surface area contributed by atoms with Crippen molar-refractivity contribution in [3.8, 4) is 17.2 Å². The molecule has 0 heterocycles. The molecule has 0 aromatic heterocycles. The number of carbonyl (C=O) groups excluding carboxylic acids is 2. The van der Waals surface area contributed by atoms with Gasteiger partial charge in [0.1, 0.15) is 12.4 Å². The number of alkyl carbamates (subject to hydrolysis) is 1. The Morgan fingerprint density at radius 1 is 0.939 bits per heavy atom. The molecule has 12 heteroatoms. The zero-order valence-electron chi connectivity index (χ0n) is 29.7. The number of nitrogens with one attached hydrogen (secondary N) is 1. The Morgan fingerprint density at radius 2 is 1.59 bits per heavy atom. The van der Waals surface area contributed by atoms with E-state index >= 15 is 0 Å². The molecule has 0 radical (unpaired) electrons. The molecule has 2 aromatic rings. The van der Waals surface area contributed by atoms with E-state index in [-0.39, 0.29) is 29.9 Å². The van der Waals surface area contributed by atoms with Crippen LogP contribution in [-0.4, -0.2) is 79.2 Å². The fourth-order valence-corrected chi connectivity index (χ4v) is 9.34. The second kappa shape index (κ2) is 23.3. The maximum atomic E-state index is 12.4. The van der Waals surface area contributed by atoms with Crippen LogP contribution in [0, 0.1) is 11.3 Å². The molecule has 0 saturated heterocycles. The van der Waals surface area contributed by atoms with Gasteiger partial charge >= 0.3 is 6.09 Å². The normalized spacial score (nSPS) is 13.7. The topological polar surface area (TPSA) is 110 Å². The largest absolute Gasteiger partial charge is 0.449 e. The lowest BCUT2D eigenvalue weighted by molar-refractivity contribution is -0.118. The van der Waals surface area contributed by atoms with Gasteiger partial charge in [-0.25, -0.2) is 9.46 Å². The maximum Gasteiger partial charge on any atom is 0.407 e. The van der Waals surface area contributed by atoms with Gasteiger partial charge in [0, 0.05) is 55.5 Å². The van der Waals surface area contributed by atoms with E-state index in [9.17, 15) is 9.59 Å². The summed E-state index contributed by atoms with van der Waals surface area (Å²) in [6.45, 7) is 12.8. The summed E-state index contributed by atoms with van der Waals surface area (Å²) >= 11 is 0. The molecule has 1 aliphatic rings. The van der Waals surface area contributed by atoms with Crippen LogP contribution in [0.3, 0.4) is 0 Å². The third kappa shape index (κ3) is 14.2. The van der Waals surface area contributed by atoms with Gasteiger partial charge in [0.2, 0.25) is 0 Å². The van der Waals surface area contributed by atoms with Crippen molar-refractivity contribution < 1.29 is 28.1 Å². The van der Waals surface area contributed by atoms with Crippen LogP contribution < -0.4 is 5.32 Å². The Kier molecular flexibility index (Phi) is 19.7. The molecule has 49 heavy (non-hydrogen) atoms. The summed E-state index contributed by atoms with van der Waals surface area (Å²) in [7, 11) is 2.01. The van der Waals surface area contributed by atoms with E-state index in [0.29, 0.717) is 52.2 Å². The van der Waals surface area contributed by atoms with Gasteiger partial charge < -0.3 is 23.8 Å². The highest BCUT2D eigenvalue weighted by Gasteiger charge is 2.30. The second-order valence-corrected chi connectivity index (χ2v) is 16.5. The first-order chi connectivity index (χ1) is 23.8. The van der Waals surface area contributed by atoms with Gasteiger partial charge in [-0.1, -0.05) is 77.0 Å². The average molecular weight is 732 g/mol. The van der Waals surface area contributed by atoms with Crippen molar-refractivity contribution in [2.24, 2.45) is 0 Å². The van der Waals surface area contributed by atoms with Crippen LogP contribution in [0.25, 0.3) is 11.1 Å². The molecular formula is C37H54N3O6PS2. The van der Waals surface area contributed by atoms with Crippen molar-refractivity contribution in [1.29, 1.82) is 5.26 Å². The van der Waals surface area contributed by atoms with Crippen LogP contribution >= 0.6 is 30.1 Å². The van der Waals surface area contributed by atoms with E-state index in [1.165, 1.54) is 22.3 Å². The molecule has 2 aromatic carbocycles. The number of fused-ring (bicyclic) bond motifs is 3. The van der Waals surface area contributed by atoms with Crippen LogP contribution in [-0.2, 0) is 23.3 Å². The quantitative estimate of drug-likeness (QED) is 0.0603. The van der Waals surface area contributed by atoms with Crippen molar-refractivity contribution in [3.05, 3.63) is 59.7 Å². The zero-order valence-corrected chi connectivity index (χ0v) is 32.3. The summed E-state index contributed by atoms with van der Waals surface area (Å²) in [5.74, 6) is 1.81. The highest BCUT2D eigenvalue weighted by Crippen LogP contribution is 2.47. The third-order valence-electron chi connectivity index (χ3n) is 8.00. The molecule has 270 valence electrons. The van der Waals surface area contributed by atoms with Crippen LogP contribution in [0.2, 0.25) is 0 Å². The van der Waals surface area contributed by atoms with Crippen LogP contribution in [0.1, 0.15) is 90.2 Å². The van der Waals surface area contributed by atoms with Crippen molar-refractivity contribution in [3.63, 3.8) is 0 Å². The van der Waals surface area contributed by atoms with E-state index in [2.05, 4.69) is 74.9 Å². The number of rotatable bonds is 25. The maximum absolute atomic E-state index is 12.4. The number of nitrogens with zero attached hydrogens (tertiary/aromatic N) is 2. The fraction of sp³-hybridized carbons (Fsp3) is 0.595. The van der Waals surface area contributed by atoms with Gasteiger partial charge in [0.15, 0.2) is 0 Å². The molecule has 0 fully saturated rings. The first-order valence-electron chi connectivity index (χ1n) is 17.4. The number of hydrogen-bond acceptors (Lipinski definition) is 10. The van der Waals surface area contributed by atoms with Gasteiger partial charge in [-0.3, -0.25) is 4.79 Å². The van der Waals surface area contributed by atoms with Gasteiger partial charge in [0.05, 0.1) is 31.8 Å². The lowest BCUT2D eigenvalue weighted by Crippen LogP contribution is -2.35.